The number of hydrogen-bond donors (Lipinski definition) is 2. The molecule has 2 N–H and O–H groups in total. The maximum absolute atomic E-state index is 12.2. The molecular formula is C10H15NO5S2. The number of rotatable bonds is 7. The smallest absolute Gasteiger partial charge is 0.345 e. The number of aliphatic hydroxyl groups is 1. The summed E-state index contributed by atoms with van der Waals surface area (Å²) in [6.45, 7) is 2.11. The number of thiophene rings is 1. The van der Waals surface area contributed by atoms with Gasteiger partial charge < -0.3 is 10.2 Å². The molecule has 1 rings (SSSR count). The molecule has 0 atom stereocenters. The second kappa shape index (κ2) is 6.28. The van der Waals surface area contributed by atoms with Gasteiger partial charge in [0.2, 0.25) is 0 Å². The number of nitrogens with zero attached hydrogens (tertiary/aromatic N) is 1. The van der Waals surface area contributed by atoms with Crippen LogP contribution in [0, 0.1) is 0 Å². The average Bonchev–Trinajstić information content (AvgIpc) is 2.79. The van der Waals surface area contributed by atoms with E-state index >= 15 is 0 Å². The Hall–Kier alpha value is -0.960. The normalized spacial score (nSPS) is 11.9. The van der Waals surface area contributed by atoms with Gasteiger partial charge in [0.15, 0.2) is 0 Å². The lowest BCUT2D eigenvalue weighted by Gasteiger charge is -2.18. The Labute approximate surface area is 110 Å². The van der Waals surface area contributed by atoms with E-state index < -0.39 is 16.0 Å². The zero-order valence-electron chi connectivity index (χ0n) is 9.87. The lowest BCUT2D eigenvalue weighted by atomic mass is 10.4. The lowest BCUT2D eigenvalue weighted by molar-refractivity contribution is 0.0702. The van der Waals surface area contributed by atoms with Gasteiger partial charge in [0.05, 0.1) is 0 Å². The molecule has 18 heavy (non-hydrogen) atoms. The number of hydrogen-bond acceptors (Lipinski definition) is 5. The molecule has 0 aliphatic rings. The van der Waals surface area contributed by atoms with E-state index in [0.717, 1.165) is 11.3 Å². The van der Waals surface area contributed by atoms with Crippen LogP contribution in [0.25, 0.3) is 0 Å². The van der Waals surface area contributed by atoms with E-state index in [0.29, 0.717) is 6.42 Å². The van der Waals surface area contributed by atoms with Gasteiger partial charge in [0.1, 0.15) is 9.09 Å². The van der Waals surface area contributed by atoms with Crippen LogP contribution in [0.3, 0.4) is 0 Å². The fourth-order valence-electron chi connectivity index (χ4n) is 1.40. The molecule has 8 heteroatoms. The number of carboxylic acid groups (broad SMARTS) is 1. The van der Waals surface area contributed by atoms with E-state index in [1.54, 1.807) is 6.92 Å². The molecule has 0 amide bonds. The van der Waals surface area contributed by atoms with Gasteiger partial charge in [-0.25, -0.2) is 13.2 Å². The summed E-state index contributed by atoms with van der Waals surface area (Å²) >= 11 is 0.733. The number of carbonyl (C=O) groups is 1. The molecule has 0 aliphatic heterocycles. The summed E-state index contributed by atoms with van der Waals surface area (Å²) < 4.78 is 25.6. The largest absolute Gasteiger partial charge is 0.477 e. The van der Waals surface area contributed by atoms with E-state index in [2.05, 4.69) is 0 Å². The maximum Gasteiger partial charge on any atom is 0.345 e. The van der Waals surface area contributed by atoms with E-state index in [-0.39, 0.29) is 28.8 Å². The van der Waals surface area contributed by atoms with E-state index in [4.69, 9.17) is 10.2 Å². The van der Waals surface area contributed by atoms with E-state index in [1.165, 1.54) is 16.4 Å². The van der Waals surface area contributed by atoms with Gasteiger partial charge in [-0.3, -0.25) is 0 Å². The average molecular weight is 293 g/mol. The number of carboxylic acids is 1. The summed E-state index contributed by atoms with van der Waals surface area (Å²) in [4.78, 5) is 10.7. The second-order valence-electron chi connectivity index (χ2n) is 3.50. The van der Waals surface area contributed by atoms with Gasteiger partial charge in [0.25, 0.3) is 10.0 Å². The third-order valence-electron chi connectivity index (χ3n) is 2.30. The SMILES string of the molecule is CCN(CCCO)S(=O)(=O)c1ccc(C(=O)O)s1. The third kappa shape index (κ3) is 3.29. The van der Waals surface area contributed by atoms with Crippen LogP contribution in [-0.2, 0) is 10.0 Å². The standard InChI is InChI=1S/C10H15NO5S2/c1-2-11(6-3-7-12)18(15,16)9-5-4-8(17-9)10(13)14/h4-5,12H,2-3,6-7H2,1H3,(H,13,14). The number of aromatic carboxylic acids is 1. The van der Waals surface area contributed by atoms with E-state index in [1.807, 2.05) is 0 Å². The molecule has 102 valence electrons. The molecule has 1 aromatic rings. The first-order valence-electron chi connectivity index (χ1n) is 5.37. The molecule has 0 aromatic carbocycles. The highest BCUT2D eigenvalue weighted by atomic mass is 32.2. The molecule has 0 bridgehead atoms. The Kier molecular flexibility index (Phi) is 5.27. The highest BCUT2D eigenvalue weighted by molar-refractivity contribution is 7.91. The Morgan fingerprint density at radius 1 is 1.44 bits per heavy atom. The Morgan fingerprint density at radius 3 is 2.56 bits per heavy atom. The molecule has 0 saturated heterocycles. The third-order valence-corrected chi connectivity index (χ3v) is 5.82. The summed E-state index contributed by atoms with van der Waals surface area (Å²) in [5.74, 6) is -1.14. The highest BCUT2D eigenvalue weighted by Gasteiger charge is 2.25. The first-order valence-corrected chi connectivity index (χ1v) is 7.63. The maximum atomic E-state index is 12.2. The minimum absolute atomic E-state index is 0.00761. The van der Waals surface area contributed by atoms with Gasteiger partial charge in [0, 0.05) is 19.7 Å². The van der Waals surface area contributed by atoms with Crippen LogP contribution in [0.1, 0.15) is 23.0 Å². The Morgan fingerprint density at radius 2 is 2.11 bits per heavy atom. The zero-order valence-corrected chi connectivity index (χ0v) is 11.5. The Balaban J connectivity index is 2.99. The topological polar surface area (TPSA) is 94.9 Å². The number of sulfonamides is 1. The molecule has 6 nitrogen and oxygen atoms in total. The van der Waals surface area contributed by atoms with Gasteiger partial charge in [-0.1, -0.05) is 6.92 Å². The molecule has 0 fully saturated rings. The summed E-state index contributed by atoms with van der Waals surface area (Å²) in [6, 6.07) is 2.57. The van der Waals surface area contributed by atoms with Crippen molar-refractivity contribution in [3.05, 3.63) is 17.0 Å². The van der Waals surface area contributed by atoms with Crippen molar-refractivity contribution >= 4 is 27.3 Å². The minimum Gasteiger partial charge on any atom is -0.477 e. The minimum atomic E-state index is -3.66. The van der Waals surface area contributed by atoms with Crippen LogP contribution in [0.2, 0.25) is 0 Å². The lowest BCUT2D eigenvalue weighted by Crippen LogP contribution is -2.31. The highest BCUT2D eigenvalue weighted by Crippen LogP contribution is 2.24. The predicted octanol–water partition coefficient (Wildman–Crippen LogP) is 0.839. The van der Waals surface area contributed by atoms with Crippen molar-refractivity contribution in [2.24, 2.45) is 0 Å². The molecule has 0 radical (unpaired) electrons. The van der Waals surface area contributed by atoms with Gasteiger partial charge in [-0.2, -0.15) is 4.31 Å². The van der Waals surface area contributed by atoms with Gasteiger partial charge in [-0.05, 0) is 18.6 Å². The van der Waals surface area contributed by atoms with Crippen molar-refractivity contribution in [1.29, 1.82) is 0 Å². The van der Waals surface area contributed by atoms with Crippen molar-refractivity contribution in [3.8, 4) is 0 Å². The second-order valence-corrected chi connectivity index (χ2v) is 6.75. The molecule has 0 aliphatic carbocycles. The Bertz CT molecular complexity index is 508. The first kappa shape index (κ1) is 15.1. The molecule has 0 saturated carbocycles. The van der Waals surface area contributed by atoms with Crippen LogP contribution in [0.4, 0.5) is 0 Å². The van der Waals surface area contributed by atoms with Crippen molar-refractivity contribution in [2.45, 2.75) is 17.6 Å². The molecule has 0 spiro atoms. The summed E-state index contributed by atoms with van der Waals surface area (Å²) in [7, 11) is -3.66. The van der Waals surface area contributed by atoms with Crippen LogP contribution < -0.4 is 0 Å². The van der Waals surface area contributed by atoms with Gasteiger partial charge >= 0.3 is 5.97 Å². The van der Waals surface area contributed by atoms with Crippen molar-refractivity contribution < 1.29 is 23.4 Å². The quantitative estimate of drug-likeness (QED) is 0.776. The fourth-order valence-corrected chi connectivity index (χ4v) is 4.18. The van der Waals surface area contributed by atoms with Crippen molar-refractivity contribution in [1.82, 2.24) is 4.31 Å². The fraction of sp³-hybridized carbons (Fsp3) is 0.500. The van der Waals surface area contributed by atoms with Gasteiger partial charge in [-0.15, -0.1) is 11.3 Å². The molecule has 1 aromatic heterocycles. The van der Waals surface area contributed by atoms with Crippen LogP contribution in [0.5, 0.6) is 0 Å². The summed E-state index contributed by atoms with van der Waals surface area (Å²) in [6.07, 6.45) is 0.351. The zero-order chi connectivity index (χ0) is 13.8. The summed E-state index contributed by atoms with van der Waals surface area (Å²) in [5, 5.41) is 17.5. The molecular weight excluding hydrogens is 278 g/mol. The summed E-state index contributed by atoms with van der Waals surface area (Å²) in [5.41, 5.74) is 0. The van der Waals surface area contributed by atoms with Crippen molar-refractivity contribution in [3.63, 3.8) is 0 Å². The monoisotopic (exact) mass is 293 g/mol. The van der Waals surface area contributed by atoms with Crippen LogP contribution >= 0.6 is 11.3 Å². The molecule has 0 unspecified atom stereocenters. The predicted molar refractivity (Wildman–Crippen MR) is 67.4 cm³/mol. The number of aliphatic hydroxyl groups excluding tert-OH is 1. The van der Waals surface area contributed by atoms with Crippen LogP contribution in [0.15, 0.2) is 16.3 Å². The van der Waals surface area contributed by atoms with Crippen LogP contribution in [-0.4, -0.2) is 48.6 Å². The molecule has 1 heterocycles. The first-order chi connectivity index (χ1) is 8.43. The van der Waals surface area contributed by atoms with Crippen molar-refractivity contribution in [2.75, 3.05) is 19.7 Å². The van der Waals surface area contributed by atoms with E-state index in [9.17, 15) is 13.2 Å².